The Labute approximate surface area is 182 Å². The number of carbonyl (C=O) groups is 1. The van der Waals surface area contributed by atoms with Crippen molar-refractivity contribution in [3.8, 4) is 22.8 Å². The molecule has 1 saturated heterocycles. The van der Waals surface area contributed by atoms with Gasteiger partial charge in [0.2, 0.25) is 5.82 Å². The van der Waals surface area contributed by atoms with Crippen molar-refractivity contribution in [3.05, 3.63) is 54.7 Å². The summed E-state index contributed by atoms with van der Waals surface area (Å²) in [5, 5.41) is 16.0. The van der Waals surface area contributed by atoms with Gasteiger partial charge in [0.05, 0.1) is 0 Å². The van der Waals surface area contributed by atoms with Gasteiger partial charge in [0.15, 0.2) is 5.82 Å². The maximum Gasteiger partial charge on any atom is 0.490 e. The number of halogens is 3. The van der Waals surface area contributed by atoms with Crippen LogP contribution in [0.15, 0.2) is 54.7 Å². The van der Waals surface area contributed by atoms with Crippen molar-refractivity contribution in [3.63, 3.8) is 0 Å². The van der Waals surface area contributed by atoms with E-state index in [1.54, 1.807) is 6.20 Å². The minimum atomic E-state index is -5.08. The highest BCUT2D eigenvalue weighted by molar-refractivity contribution is 5.73. The SMILES string of the molecule is CN1CCN(c2nc(-c3ccccn3)nnc2-c2ccccc2)CC1.O=C(O)C(F)(F)F. The van der Waals surface area contributed by atoms with Gasteiger partial charge in [-0.1, -0.05) is 36.4 Å². The third kappa shape index (κ3) is 5.97. The number of rotatable bonds is 3. The lowest BCUT2D eigenvalue weighted by molar-refractivity contribution is -0.192. The number of carboxylic acids is 1. The van der Waals surface area contributed by atoms with Crippen LogP contribution in [0.3, 0.4) is 0 Å². The van der Waals surface area contributed by atoms with E-state index in [1.807, 2.05) is 48.5 Å². The van der Waals surface area contributed by atoms with Crippen LogP contribution in [0.5, 0.6) is 0 Å². The van der Waals surface area contributed by atoms with Gasteiger partial charge >= 0.3 is 12.1 Å². The summed E-state index contributed by atoms with van der Waals surface area (Å²) in [6.07, 6.45) is -3.33. The predicted molar refractivity (Wildman–Crippen MR) is 112 cm³/mol. The van der Waals surface area contributed by atoms with Crippen molar-refractivity contribution in [1.29, 1.82) is 0 Å². The van der Waals surface area contributed by atoms with Crippen LogP contribution in [0.25, 0.3) is 22.8 Å². The van der Waals surface area contributed by atoms with Crippen molar-refractivity contribution < 1.29 is 23.1 Å². The van der Waals surface area contributed by atoms with E-state index in [-0.39, 0.29) is 0 Å². The van der Waals surface area contributed by atoms with Crippen LogP contribution in [0.4, 0.5) is 19.0 Å². The first-order chi connectivity index (χ1) is 15.3. The number of aliphatic carboxylic acids is 1. The predicted octanol–water partition coefficient (Wildman–Crippen LogP) is 2.99. The number of aromatic nitrogens is 4. The molecule has 4 rings (SSSR count). The van der Waals surface area contributed by atoms with Gasteiger partial charge in [-0.25, -0.2) is 9.78 Å². The maximum absolute atomic E-state index is 10.6. The van der Waals surface area contributed by atoms with E-state index < -0.39 is 12.1 Å². The third-order valence-electron chi connectivity index (χ3n) is 4.65. The summed E-state index contributed by atoms with van der Waals surface area (Å²) in [4.78, 5) is 22.7. The fraction of sp³-hybridized carbons (Fsp3) is 0.286. The summed E-state index contributed by atoms with van der Waals surface area (Å²) < 4.78 is 31.7. The fourth-order valence-electron chi connectivity index (χ4n) is 2.94. The van der Waals surface area contributed by atoms with Gasteiger partial charge in [0.25, 0.3) is 0 Å². The molecule has 1 fully saturated rings. The van der Waals surface area contributed by atoms with Crippen molar-refractivity contribution in [1.82, 2.24) is 25.1 Å². The summed E-state index contributed by atoms with van der Waals surface area (Å²) in [7, 11) is 2.15. The maximum atomic E-state index is 10.6. The first kappa shape index (κ1) is 23.1. The second kappa shape index (κ2) is 10.1. The van der Waals surface area contributed by atoms with Gasteiger partial charge in [-0.2, -0.15) is 13.2 Å². The molecular formula is C21H21F3N6O2. The van der Waals surface area contributed by atoms with E-state index in [1.165, 1.54) is 0 Å². The number of anilines is 1. The van der Waals surface area contributed by atoms with Crippen LogP contribution in [-0.2, 0) is 4.79 Å². The van der Waals surface area contributed by atoms with Gasteiger partial charge in [0.1, 0.15) is 11.4 Å². The van der Waals surface area contributed by atoms with Crippen LogP contribution in [0.2, 0.25) is 0 Å². The number of nitrogens with zero attached hydrogens (tertiary/aromatic N) is 6. The third-order valence-corrected chi connectivity index (χ3v) is 4.65. The first-order valence-corrected chi connectivity index (χ1v) is 9.71. The summed E-state index contributed by atoms with van der Waals surface area (Å²) >= 11 is 0. The Morgan fingerprint density at radius 2 is 1.59 bits per heavy atom. The summed E-state index contributed by atoms with van der Waals surface area (Å²) in [6, 6.07) is 15.9. The highest BCUT2D eigenvalue weighted by Gasteiger charge is 2.38. The number of benzene rings is 1. The standard InChI is InChI=1S/C19H20N6.C2HF3O2/c1-24-11-13-25(14-12-24)19-17(15-7-3-2-4-8-15)22-23-18(21-19)16-9-5-6-10-20-16;3-2(4,5)1(6)7/h2-10H,11-14H2,1H3;(H,6,7). The van der Waals surface area contributed by atoms with Gasteiger partial charge in [-0.15, -0.1) is 10.2 Å². The molecule has 168 valence electrons. The van der Waals surface area contributed by atoms with Crippen LogP contribution >= 0.6 is 0 Å². The molecule has 2 aromatic heterocycles. The Bertz CT molecular complexity index is 1030. The number of hydrogen-bond donors (Lipinski definition) is 1. The number of piperazine rings is 1. The van der Waals surface area contributed by atoms with Gasteiger partial charge in [-0.05, 0) is 19.2 Å². The average Bonchev–Trinajstić information content (AvgIpc) is 2.80. The molecule has 32 heavy (non-hydrogen) atoms. The van der Waals surface area contributed by atoms with Crippen molar-refractivity contribution in [2.24, 2.45) is 0 Å². The smallest absolute Gasteiger partial charge is 0.475 e. The van der Waals surface area contributed by atoms with Crippen LogP contribution in [0.1, 0.15) is 0 Å². The van der Waals surface area contributed by atoms with Crippen LogP contribution in [-0.4, -0.2) is 75.5 Å². The minimum Gasteiger partial charge on any atom is -0.475 e. The van der Waals surface area contributed by atoms with Gasteiger partial charge < -0.3 is 14.9 Å². The van der Waals surface area contributed by atoms with Crippen molar-refractivity contribution >= 4 is 11.8 Å². The second-order valence-electron chi connectivity index (χ2n) is 6.98. The number of alkyl halides is 3. The molecule has 0 bridgehead atoms. The number of pyridine rings is 1. The molecule has 3 heterocycles. The fourth-order valence-corrected chi connectivity index (χ4v) is 2.94. The van der Waals surface area contributed by atoms with Gasteiger partial charge in [0, 0.05) is 37.9 Å². The minimum absolute atomic E-state index is 0.564. The van der Waals surface area contributed by atoms with Crippen LogP contribution < -0.4 is 4.90 Å². The van der Waals surface area contributed by atoms with Crippen LogP contribution in [0, 0.1) is 0 Å². The summed E-state index contributed by atoms with van der Waals surface area (Å²) in [6.45, 7) is 3.88. The molecule has 1 aliphatic rings. The zero-order chi connectivity index (χ0) is 23.1. The highest BCUT2D eigenvalue weighted by Crippen LogP contribution is 2.28. The second-order valence-corrected chi connectivity index (χ2v) is 6.98. The normalized spacial score (nSPS) is 14.4. The molecule has 1 aliphatic heterocycles. The van der Waals surface area contributed by atoms with E-state index in [2.05, 4.69) is 32.0 Å². The molecule has 0 spiro atoms. The molecule has 0 aliphatic carbocycles. The summed E-state index contributed by atoms with van der Waals surface area (Å²) in [5.74, 6) is -1.31. The molecule has 0 radical (unpaired) electrons. The lowest BCUT2D eigenvalue weighted by Crippen LogP contribution is -2.45. The highest BCUT2D eigenvalue weighted by atomic mass is 19.4. The molecule has 0 atom stereocenters. The van der Waals surface area contributed by atoms with E-state index >= 15 is 0 Å². The Hall–Kier alpha value is -3.60. The lowest BCUT2D eigenvalue weighted by atomic mass is 10.1. The molecule has 0 saturated carbocycles. The van der Waals surface area contributed by atoms with E-state index in [0.29, 0.717) is 5.82 Å². The Balaban J connectivity index is 0.000000360. The molecule has 1 aromatic carbocycles. The Morgan fingerprint density at radius 1 is 0.969 bits per heavy atom. The number of hydrogen-bond acceptors (Lipinski definition) is 7. The topological polar surface area (TPSA) is 95.3 Å². The van der Waals surface area contributed by atoms with E-state index in [9.17, 15) is 13.2 Å². The monoisotopic (exact) mass is 446 g/mol. The molecule has 3 aromatic rings. The number of carboxylic acid groups (broad SMARTS) is 1. The Morgan fingerprint density at radius 3 is 2.16 bits per heavy atom. The summed E-state index contributed by atoms with van der Waals surface area (Å²) in [5.41, 5.74) is 2.60. The quantitative estimate of drug-likeness (QED) is 0.656. The zero-order valence-electron chi connectivity index (χ0n) is 17.2. The van der Waals surface area contributed by atoms with Crippen molar-refractivity contribution in [2.45, 2.75) is 6.18 Å². The molecule has 8 nitrogen and oxygen atoms in total. The molecule has 1 N–H and O–H groups in total. The molecular weight excluding hydrogens is 425 g/mol. The largest absolute Gasteiger partial charge is 0.490 e. The van der Waals surface area contributed by atoms with Gasteiger partial charge in [-0.3, -0.25) is 4.98 Å². The van der Waals surface area contributed by atoms with Crippen molar-refractivity contribution in [2.75, 3.05) is 38.1 Å². The average molecular weight is 446 g/mol. The Kier molecular flexibility index (Phi) is 7.31. The molecule has 0 unspecified atom stereocenters. The van der Waals surface area contributed by atoms with E-state index in [0.717, 1.165) is 48.9 Å². The lowest BCUT2D eigenvalue weighted by Gasteiger charge is -2.33. The molecule has 0 amide bonds. The number of likely N-dealkylation sites (N-methyl/N-ethyl adjacent to an activating group) is 1. The molecule has 11 heteroatoms. The van der Waals surface area contributed by atoms with E-state index in [4.69, 9.17) is 14.9 Å². The zero-order valence-corrected chi connectivity index (χ0v) is 17.2. The first-order valence-electron chi connectivity index (χ1n) is 9.71.